The number of carbonyl (C=O) groups excluding carboxylic acids is 1. The van der Waals surface area contributed by atoms with Crippen LogP contribution in [0.5, 0.6) is 5.75 Å². The van der Waals surface area contributed by atoms with Crippen molar-refractivity contribution >= 4 is 21.6 Å². The molecule has 1 N–H and O–H groups in total. The molecule has 4 rings (SSSR count). The fourth-order valence-electron chi connectivity index (χ4n) is 3.81. The number of rotatable bonds is 7. The molecule has 1 aromatic heterocycles. The number of hydrogen-bond acceptors (Lipinski definition) is 6. The Labute approximate surface area is 204 Å². The van der Waals surface area contributed by atoms with E-state index < -0.39 is 22.1 Å². The molecule has 1 aliphatic rings. The second kappa shape index (κ2) is 9.74. The van der Waals surface area contributed by atoms with E-state index in [-0.39, 0.29) is 42.2 Å². The van der Waals surface area contributed by atoms with E-state index in [2.05, 4.69) is 9.71 Å². The van der Waals surface area contributed by atoms with Gasteiger partial charge in [-0.2, -0.15) is 13.2 Å². The van der Waals surface area contributed by atoms with E-state index in [1.165, 1.54) is 29.1 Å². The number of benzene rings is 2. The zero-order chi connectivity index (χ0) is 26.1. The first-order chi connectivity index (χ1) is 17.0. The van der Waals surface area contributed by atoms with Crippen molar-refractivity contribution in [3.8, 4) is 17.0 Å². The maximum atomic E-state index is 12.8. The Kier molecular flexibility index (Phi) is 6.87. The molecule has 2 aromatic carbocycles. The summed E-state index contributed by atoms with van der Waals surface area (Å²) in [5, 5.41) is 0. The molecular weight excluding hydrogens is 501 g/mol. The summed E-state index contributed by atoms with van der Waals surface area (Å²) >= 11 is 0. The van der Waals surface area contributed by atoms with Gasteiger partial charge in [0.25, 0.3) is 5.56 Å². The minimum Gasteiger partial charge on any atom is -0.497 e. The summed E-state index contributed by atoms with van der Waals surface area (Å²) in [6.07, 6.45) is -3.60. The number of halogens is 3. The topological polar surface area (TPSA) is 111 Å². The summed E-state index contributed by atoms with van der Waals surface area (Å²) in [7, 11) is -2.47. The predicted molar refractivity (Wildman–Crippen MR) is 124 cm³/mol. The molecule has 0 atom stereocenters. The average Bonchev–Trinajstić information content (AvgIpc) is 3.27. The van der Waals surface area contributed by atoms with Crippen LogP contribution in [-0.2, 0) is 27.8 Å². The molecule has 13 heteroatoms. The van der Waals surface area contributed by atoms with E-state index in [4.69, 9.17) is 4.74 Å². The molecule has 9 nitrogen and oxygen atoms in total. The third-order valence-electron chi connectivity index (χ3n) is 5.65. The Balaban J connectivity index is 1.41. The minimum absolute atomic E-state index is 0.00671. The van der Waals surface area contributed by atoms with E-state index in [0.717, 1.165) is 6.07 Å². The molecule has 0 radical (unpaired) electrons. The third kappa shape index (κ3) is 5.26. The van der Waals surface area contributed by atoms with E-state index in [1.54, 1.807) is 31.4 Å². The summed E-state index contributed by atoms with van der Waals surface area (Å²) in [4.78, 5) is 28.7. The highest BCUT2D eigenvalue weighted by Gasteiger charge is 2.44. The predicted octanol–water partition coefficient (Wildman–Crippen LogP) is 2.35. The maximum absolute atomic E-state index is 12.8. The molecule has 190 valence electrons. The van der Waals surface area contributed by atoms with Gasteiger partial charge in [-0.05, 0) is 54.4 Å². The first-order valence-electron chi connectivity index (χ1n) is 10.7. The lowest BCUT2D eigenvalue weighted by Gasteiger charge is -2.19. The van der Waals surface area contributed by atoms with E-state index in [9.17, 15) is 31.2 Å². The van der Waals surface area contributed by atoms with E-state index >= 15 is 0 Å². The number of fused-ring (bicyclic) bond motifs is 1. The van der Waals surface area contributed by atoms with Crippen LogP contribution in [0, 0.1) is 0 Å². The smallest absolute Gasteiger partial charge is 0.471 e. The number of alkyl halides is 3. The Morgan fingerprint density at radius 1 is 1.14 bits per heavy atom. The van der Waals surface area contributed by atoms with Crippen LogP contribution in [0.1, 0.15) is 5.56 Å². The molecule has 0 fully saturated rings. The molecular formula is C23H21F3N4O5S. The lowest BCUT2D eigenvalue weighted by atomic mass is 10.1. The highest BCUT2D eigenvalue weighted by atomic mass is 32.2. The number of hydrogen-bond donors (Lipinski definition) is 1. The fourth-order valence-corrected chi connectivity index (χ4v) is 4.88. The van der Waals surface area contributed by atoms with Crippen LogP contribution in [-0.4, -0.2) is 50.3 Å². The number of anilines is 1. The van der Waals surface area contributed by atoms with Crippen LogP contribution >= 0.6 is 0 Å². The van der Waals surface area contributed by atoms with Gasteiger partial charge in [-0.3, -0.25) is 14.2 Å². The van der Waals surface area contributed by atoms with Gasteiger partial charge in [-0.15, -0.1) is 0 Å². The monoisotopic (exact) mass is 522 g/mol. The van der Waals surface area contributed by atoms with Crippen molar-refractivity contribution < 1.29 is 31.1 Å². The summed E-state index contributed by atoms with van der Waals surface area (Å²) in [5.74, 6) is -1.33. The van der Waals surface area contributed by atoms with Gasteiger partial charge in [-0.1, -0.05) is 0 Å². The lowest BCUT2D eigenvalue weighted by molar-refractivity contribution is -0.170. The number of nitrogens with one attached hydrogen (secondary N) is 1. The molecule has 0 bridgehead atoms. The second-order valence-electron chi connectivity index (χ2n) is 7.93. The minimum atomic E-state index is -5.02. The summed E-state index contributed by atoms with van der Waals surface area (Å²) < 4.78 is 72.4. The van der Waals surface area contributed by atoms with Crippen LogP contribution in [0.4, 0.5) is 18.9 Å². The van der Waals surface area contributed by atoms with Gasteiger partial charge in [0, 0.05) is 37.0 Å². The number of ether oxygens (including phenoxy) is 1. The Hall–Kier alpha value is -3.71. The van der Waals surface area contributed by atoms with E-state index in [1.807, 2.05) is 0 Å². The van der Waals surface area contributed by atoms with Crippen molar-refractivity contribution in [2.24, 2.45) is 0 Å². The molecule has 0 spiro atoms. The van der Waals surface area contributed by atoms with Crippen molar-refractivity contribution in [1.82, 2.24) is 14.3 Å². The standard InChI is InChI=1S/C23H21F3N4O5S/c1-35-17-4-2-15(3-5-17)19-13-21(31)29(14-27-19)11-9-28-36(33,34)18-6-7-20-16(12-18)8-10-30(20)22(32)23(24,25)26/h2-7,12-14,28H,8-11H2,1H3. The van der Waals surface area contributed by atoms with Crippen molar-refractivity contribution in [3.63, 3.8) is 0 Å². The van der Waals surface area contributed by atoms with E-state index in [0.29, 0.717) is 27.5 Å². The summed E-state index contributed by atoms with van der Waals surface area (Å²) in [6, 6.07) is 11.9. The van der Waals surface area contributed by atoms with Crippen LogP contribution in [0.3, 0.4) is 0 Å². The Morgan fingerprint density at radius 3 is 2.50 bits per heavy atom. The number of sulfonamides is 1. The second-order valence-corrected chi connectivity index (χ2v) is 9.69. The Bertz CT molecular complexity index is 1450. The van der Waals surface area contributed by atoms with Gasteiger partial charge in [0.1, 0.15) is 5.75 Å². The number of carbonyl (C=O) groups is 1. The molecule has 3 aromatic rings. The highest BCUT2D eigenvalue weighted by Crippen LogP contribution is 2.33. The SMILES string of the molecule is COc1ccc(-c2cc(=O)n(CCNS(=O)(=O)c3ccc4c(c3)CCN4C(=O)C(F)(F)F)cn2)cc1. The number of nitrogens with zero attached hydrogens (tertiary/aromatic N) is 3. The summed E-state index contributed by atoms with van der Waals surface area (Å²) in [6.45, 7) is -0.304. The first kappa shape index (κ1) is 25.4. The molecule has 0 aliphatic carbocycles. The molecule has 36 heavy (non-hydrogen) atoms. The van der Waals surface area contributed by atoms with Crippen LogP contribution in [0.15, 0.2) is 64.5 Å². The third-order valence-corrected chi connectivity index (χ3v) is 7.11. The van der Waals surface area contributed by atoms with Gasteiger partial charge in [0.15, 0.2) is 0 Å². The van der Waals surface area contributed by atoms with Gasteiger partial charge < -0.3 is 9.64 Å². The zero-order valence-corrected chi connectivity index (χ0v) is 19.8. The quantitative estimate of drug-likeness (QED) is 0.510. The normalized spacial score (nSPS) is 13.5. The van der Waals surface area contributed by atoms with Crippen molar-refractivity contribution in [3.05, 3.63) is 70.8 Å². The fraction of sp³-hybridized carbons (Fsp3) is 0.261. The molecule has 1 amide bonds. The van der Waals surface area contributed by atoms with Crippen molar-refractivity contribution in [2.45, 2.75) is 24.0 Å². The number of methoxy groups -OCH3 is 1. The largest absolute Gasteiger partial charge is 0.497 e. The van der Waals surface area contributed by atoms with Crippen LogP contribution < -0.4 is 19.9 Å². The van der Waals surface area contributed by atoms with Crippen LogP contribution in [0.25, 0.3) is 11.3 Å². The number of amides is 1. The maximum Gasteiger partial charge on any atom is 0.471 e. The number of aromatic nitrogens is 2. The zero-order valence-electron chi connectivity index (χ0n) is 18.9. The molecule has 0 unspecified atom stereocenters. The molecule has 0 saturated carbocycles. The van der Waals surface area contributed by atoms with Gasteiger partial charge in [0.2, 0.25) is 10.0 Å². The highest BCUT2D eigenvalue weighted by molar-refractivity contribution is 7.89. The molecule has 2 heterocycles. The van der Waals surface area contributed by atoms with Crippen molar-refractivity contribution in [1.29, 1.82) is 0 Å². The van der Waals surface area contributed by atoms with Crippen molar-refractivity contribution in [2.75, 3.05) is 25.1 Å². The van der Waals surface area contributed by atoms with Gasteiger partial charge >= 0.3 is 12.1 Å². The van der Waals surface area contributed by atoms with Gasteiger partial charge in [-0.25, -0.2) is 18.1 Å². The molecule has 1 aliphatic heterocycles. The Morgan fingerprint density at radius 2 is 1.86 bits per heavy atom. The van der Waals surface area contributed by atoms with Crippen LogP contribution in [0.2, 0.25) is 0 Å². The van der Waals surface area contributed by atoms with Gasteiger partial charge in [0.05, 0.1) is 24.0 Å². The molecule has 0 saturated heterocycles. The first-order valence-corrected chi connectivity index (χ1v) is 12.2. The average molecular weight is 523 g/mol. The summed E-state index contributed by atoms with van der Waals surface area (Å²) in [5.41, 5.74) is 1.15. The lowest BCUT2D eigenvalue weighted by Crippen LogP contribution is -2.40.